The van der Waals surface area contributed by atoms with Gasteiger partial charge in [0.2, 0.25) is 5.91 Å². The van der Waals surface area contributed by atoms with Crippen molar-refractivity contribution in [3.05, 3.63) is 29.3 Å². The number of ether oxygens (including phenoxy) is 1. The Labute approximate surface area is 131 Å². The Kier molecular flexibility index (Phi) is 6.33. The molecule has 0 radical (unpaired) electrons. The highest BCUT2D eigenvalue weighted by Gasteiger charge is 2.21. The quantitative estimate of drug-likeness (QED) is 0.849. The van der Waals surface area contributed by atoms with Crippen molar-refractivity contribution in [3.63, 3.8) is 0 Å². The first-order valence-corrected chi connectivity index (χ1v) is 7.98. The Bertz CT molecular complexity index is 461. The lowest BCUT2D eigenvalue weighted by Crippen LogP contribution is -2.43. The number of carbonyl (C=O) groups excluding carboxylic acids is 1. The van der Waals surface area contributed by atoms with Gasteiger partial charge in [-0.25, -0.2) is 0 Å². The van der Waals surface area contributed by atoms with Crippen LogP contribution >= 0.6 is 11.6 Å². The van der Waals surface area contributed by atoms with Crippen LogP contribution in [0.4, 0.5) is 0 Å². The van der Waals surface area contributed by atoms with E-state index in [-0.39, 0.29) is 17.9 Å². The van der Waals surface area contributed by atoms with Crippen molar-refractivity contribution >= 4 is 17.5 Å². The molecule has 2 unspecified atom stereocenters. The third-order valence-electron chi connectivity index (χ3n) is 3.76. The number of amides is 1. The van der Waals surface area contributed by atoms with Gasteiger partial charge in [0.25, 0.3) is 0 Å². The van der Waals surface area contributed by atoms with Crippen LogP contribution in [-0.2, 0) is 4.79 Å². The topological polar surface area (TPSA) is 50.4 Å². The number of hydrogen-bond donors (Lipinski definition) is 2. The number of hydrogen-bond acceptors (Lipinski definition) is 3. The zero-order chi connectivity index (χ0) is 15.1. The molecule has 2 rings (SSSR count). The molecule has 0 bridgehead atoms. The molecular formula is C16H23ClN2O2. The molecule has 1 amide bonds. The average Bonchev–Trinajstić information content (AvgIpc) is 2.53. The normalized spacial score (nSPS) is 19.8. The standard InChI is InChI=1S/C16H23ClN2O2/c1-2-13(21-15-8-4-3-7-14(15)17)11-19-16(20)12-6-5-9-18-10-12/h3-4,7-8,12-13,18H,2,5-6,9-11H2,1H3,(H,19,20). The smallest absolute Gasteiger partial charge is 0.224 e. The molecule has 4 nitrogen and oxygen atoms in total. The molecule has 2 atom stereocenters. The first kappa shape index (κ1) is 16.1. The summed E-state index contributed by atoms with van der Waals surface area (Å²) < 4.78 is 5.87. The average molecular weight is 311 g/mol. The SMILES string of the molecule is CCC(CNC(=O)C1CCCNC1)Oc1ccccc1Cl. The van der Waals surface area contributed by atoms with Crippen molar-refractivity contribution < 1.29 is 9.53 Å². The number of halogens is 1. The molecule has 1 fully saturated rings. The third-order valence-corrected chi connectivity index (χ3v) is 4.07. The summed E-state index contributed by atoms with van der Waals surface area (Å²) in [4.78, 5) is 12.1. The van der Waals surface area contributed by atoms with Crippen LogP contribution in [0.2, 0.25) is 5.02 Å². The van der Waals surface area contributed by atoms with Crippen LogP contribution < -0.4 is 15.4 Å². The molecule has 116 valence electrons. The summed E-state index contributed by atoms with van der Waals surface area (Å²) in [7, 11) is 0. The van der Waals surface area contributed by atoms with Gasteiger partial charge in [-0.15, -0.1) is 0 Å². The van der Waals surface area contributed by atoms with Crippen LogP contribution in [0.1, 0.15) is 26.2 Å². The van der Waals surface area contributed by atoms with Crippen LogP contribution in [0.3, 0.4) is 0 Å². The lowest BCUT2D eigenvalue weighted by Gasteiger charge is -2.24. The van der Waals surface area contributed by atoms with Crippen molar-refractivity contribution in [2.24, 2.45) is 5.92 Å². The maximum Gasteiger partial charge on any atom is 0.224 e. The zero-order valence-corrected chi connectivity index (χ0v) is 13.2. The van der Waals surface area contributed by atoms with Gasteiger partial charge in [-0.05, 0) is 37.9 Å². The van der Waals surface area contributed by atoms with Gasteiger partial charge >= 0.3 is 0 Å². The van der Waals surface area contributed by atoms with Crippen LogP contribution in [0.15, 0.2) is 24.3 Å². The first-order chi connectivity index (χ1) is 10.2. The van der Waals surface area contributed by atoms with Gasteiger partial charge in [0, 0.05) is 6.54 Å². The number of para-hydroxylation sites is 1. The van der Waals surface area contributed by atoms with E-state index in [1.54, 1.807) is 6.07 Å². The Morgan fingerprint density at radius 3 is 3.00 bits per heavy atom. The van der Waals surface area contributed by atoms with Gasteiger partial charge < -0.3 is 15.4 Å². The van der Waals surface area contributed by atoms with E-state index in [1.807, 2.05) is 25.1 Å². The van der Waals surface area contributed by atoms with Crippen molar-refractivity contribution in [1.29, 1.82) is 0 Å². The van der Waals surface area contributed by atoms with E-state index in [2.05, 4.69) is 10.6 Å². The van der Waals surface area contributed by atoms with Crippen LogP contribution in [0, 0.1) is 5.92 Å². The Morgan fingerprint density at radius 2 is 2.33 bits per heavy atom. The second kappa shape index (κ2) is 8.25. The highest BCUT2D eigenvalue weighted by molar-refractivity contribution is 6.32. The minimum absolute atomic E-state index is 0.0644. The molecule has 0 aromatic heterocycles. The fraction of sp³-hybridized carbons (Fsp3) is 0.562. The summed E-state index contributed by atoms with van der Waals surface area (Å²) in [5, 5.41) is 6.85. The third kappa shape index (κ3) is 4.90. The van der Waals surface area contributed by atoms with Crippen LogP contribution in [0.25, 0.3) is 0 Å². The number of benzene rings is 1. The Balaban J connectivity index is 1.82. The van der Waals surface area contributed by atoms with Crippen LogP contribution in [-0.4, -0.2) is 31.6 Å². The summed E-state index contributed by atoms with van der Waals surface area (Å²) in [5.41, 5.74) is 0. The predicted molar refractivity (Wildman–Crippen MR) is 84.8 cm³/mol. The fourth-order valence-corrected chi connectivity index (χ4v) is 2.60. The molecule has 21 heavy (non-hydrogen) atoms. The number of rotatable bonds is 6. The molecule has 1 aromatic carbocycles. The molecular weight excluding hydrogens is 288 g/mol. The van der Waals surface area contributed by atoms with Gasteiger partial charge in [0.1, 0.15) is 11.9 Å². The van der Waals surface area contributed by atoms with E-state index < -0.39 is 0 Å². The molecule has 5 heteroatoms. The van der Waals surface area contributed by atoms with Gasteiger partial charge in [0.15, 0.2) is 0 Å². The first-order valence-electron chi connectivity index (χ1n) is 7.60. The van der Waals surface area contributed by atoms with Crippen molar-refractivity contribution in [1.82, 2.24) is 10.6 Å². The van der Waals surface area contributed by atoms with Gasteiger partial charge in [0.05, 0.1) is 17.5 Å². The predicted octanol–water partition coefficient (Wildman–Crippen LogP) is 2.61. The number of nitrogens with one attached hydrogen (secondary N) is 2. The van der Waals surface area contributed by atoms with E-state index in [0.717, 1.165) is 32.4 Å². The van der Waals surface area contributed by atoms with Crippen molar-refractivity contribution in [2.45, 2.75) is 32.3 Å². The summed E-state index contributed by atoms with van der Waals surface area (Å²) >= 11 is 6.09. The number of carbonyl (C=O) groups is 1. The van der Waals surface area contributed by atoms with E-state index in [4.69, 9.17) is 16.3 Å². The van der Waals surface area contributed by atoms with E-state index in [0.29, 0.717) is 17.3 Å². The minimum Gasteiger partial charge on any atom is -0.487 e. The minimum atomic E-state index is -0.0644. The fourth-order valence-electron chi connectivity index (χ4n) is 2.42. The molecule has 0 spiro atoms. The van der Waals surface area contributed by atoms with E-state index in [1.165, 1.54) is 0 Å². The largest absolute Gasteiger partial charge is 0.487 e. The van der Waals surface area contributed by atoms with Crippen molar-refractivity contribution in [2.75, 3.05) is 19.6 Å². The highest BCUT2D eigenvalue weighted by atomic mass is 35.5. The summed E-state index contributed by atoms with van der Waals surface area (Å²) in [6.45, 7) is 4.33. The van der Waals surface area contributed by atoms with Gasteiger partial charge in [-0.3, -0.25) is 4.79 Å². The van der Waals surface area contributed by atoms with E-state index in [9.17, 15) is 4.79 Å². The molecule has 1 saturated heterocycles. The zero-order valence-electron chi connectivity index (χ0n) is 12.4. The molecule has 1 aliphatic rings. The lowest BCUT2D eigenvalue weighted by atomic mass is 9.99. The second-order valence-corrected chi connectivity index (χ2v) is 5.77. The lowest BCUT2D eigenvalue weighted by molar-refractivity contribution is -0.125. The number of piperidine rings is 1. The summed E-state index contributed by atoms with van der Waals surface area (Å²) in [6, 6.07) is 7.40. The monoisotopic (exact) mass is 310 g/mol. The molecule has 2 N–H and O–H groups in total. The van der Waals surface area contributed by atoms with Crippen LogP contribution in [0.5, 0.6) is 5.75 Å². The van der Waals surface area contributed by atoms with E-state index >= 15 is 0 Å². The van der Waals surface area contributed by atoms with Gasteiger partial charge in [-0.2, -0.15) is 0 Å². The van der Waals surface area contributed by atoms with Crippen molar-refractivity contribution in [3.8, 4) is 5.75 Å². The molecule has 1 aromatic rings. The molecule has 1 heterocycles. The maximum absolute atomic E-state index is 12.1. The molecule has 0 aliphatic carbocycles. The Morgan fingerprint density at radius 1 is 1.52 bits per heavy atom. The summed E-state index contributed by atoms with van der Waals surface area (Å²) in [5.74, 6) is 0.861. The summed E-state index contributed by atoms with van der Waals surface area (Å²) in [6.07, 6.45) is 2.77. The second-order valence-electron chi connectivity index (χ2n) is 5.37. The highest BCUT2D eigenvalue weighted by Crippen LogP contribution is 2.24. The van der Waals surface area contributed by atoms with Gasteiger partial charge in [-0.1, -0.05) is 30.7 Å². The molecule has 1 aliphatic heterocycles. The molecule has 0 saturated carbocycles. The Hall–Kier alpha value is -1.26. The maximum atomic E-state index is 12.1.